The molecule has 1 aromatic carbocycles. The molecule has 5 heteroatoms. The summed E-state index contributed by atoms with van der Waals surface area (Å²) in [6, 6.07) is 7.22. The largest absolute Gasteiger partial charge is 0.378 e. The Kier molecular flexibility index (Phi) is 6.03. The van der Waals surface area contributed by atoms with Gasteiger partial charge in [-0.3, -0.25) is 20.4 Å². The van der Waals surface area contributed by atoms with Crippen LogP contribution < -0.4 is 15.8 Å². The summed E-state index contributed by atoms with van der Waals surface area (Å²) in [5, 5.41) is 0. The normalized spacial score (nSPS) is 10.2. The van der Waals surface area contributed by atoms with E-state index in [4.69, 9.17) is 0 Å². The fourth-order valence-corrected chi connectivity index (χ4v) is 1.88. The minimum Gasteiger partial charge on any atom is -0.378 e. The van der Waals surface area contributed by atoms with Gasteiger partial charge in [-0.05, 0) is 31.0 Å². The van der Waals surface area contributed by atoms with E-state index < -0.39 is 0 Å². The van der Waals surface area contributed by atoms with Gasteiger partial charge in [-0.25, -0.2) is 0 Å². The van der Waals surface area contributed by atoms with Crippen LogP contribution in [0.1, 0.15) is 37.0 Å². The lowest BCUT2D eigenvalue weighted by molar-refractivity contribution is -0.125. The molecule has 2 N–H and O–H groups in total. The van der Waals surface area contributed by atoms with E-state index in [-0.39, 0.29) is 17.7 Å². The van der Waals surface area contributed by atoms with Crippen LogP contribution in [0.15, 0.2) is 24.3 Å². The average Bonchev–Trinajstić information content (AvgIpc) is 2.46. The molecule has 1 aromatic rings. The minimum atomic E-state index is -0.312. The van der Waals surface area contributed by atoms with Crippen molar-refractivity contribution < 1.29 is 9.59 Å². The van der Waals surface area contributed by atoms with Gasteiger partial charge in [0.05, 0.1) is 0 Å². The fourth-order valence-electron chi connectivity index (χ4n) is 1.88. The number of carbonyl (C=O) groups is 2. The van der Waals surface area contributed by atoms with E-state index in [1.165, 1.54) is 0 Å². The highest BCUT2D eigenvalue weighted by Crippen LogP contribution is 2.13. The Labute approximate surface area is 120 Å². The number of amides is 2. The van der Waals surface area contributed by atoms with Gasteiger partial charge in [0, 0.05) is 31.3 Å². The number of anilines is 1. The Balaban J connectivity index is 2.63. The smallest absolute Gasteiger partial charge is 0.269 e. The van der Waals surface area contributed by atoms with Gasteiger partial charge in [-0.1, -0.05) is 19.9 Å². The summed E-state index contributed by atoms with van der Waals surface area (Å²) in [6.45, 7) is 3.91. The molecular weight excluding hydrogens is 254 g/mol. The number of benzene rings is 1. The second kappa shape index (κ2) is 7.53. The molecule has 0 aromatic heterocycles. The Bertz CT molecular complexity index is 468. The Morgan fingerprint density at radius 2 is 1.80 bits per heavy atom. The maximum Gasteiger partial charge on any atom is 0.269 e. The van der Waals surface area contributed by atoms with Crippen molar-refractivity contribution in [3.05, 3.63) is 29.8 Å². The van der Waals surface area contributed by atoms with Crippen molar-refractivity contribution >= 4 is 17.5 Å². The maximum absolute atomic E-state index is 12.0. The van der Waals surface area contributed by atoms with Crippen LogP contribution in [0.2, 0.25) is 0 Å². The van der Waals surface area contributed by atoms with Crippen LogP contribution in [0.25, 0.3) is 0 Å². The number of hydrazine groups is 1. The highest BCUT2D eigenvalue weighted by molar-refractivity contribution is 5.96. The second-order valence-electron chi connectivity index (χ2n) is 4.90. The van der Waals surface area contributed by atoms with Crippen LogP contribution in [0.4, 0.5) is 5.69 Å². The number of hydrogen-bond acceptors (Lipinski definition) is 3. The molecule has 5 nitrogen and oxygen atoms in total. The first-order valence-electron chi connectivity index (χ1n) is 6.87. The molecule has 0 aliphatic carbocycles. The van der Waals surface area contributed by atoms with Crippen molar-refractivity contribution in [1.82, 2.24) is 10.9 Å². The molecule has 0 saturated carbocycles. The predicted molar refractivity (Wildman–Crippen MR) is 80.4 cm³/mol. The Morgan fingerprint density at radius 1 is 1.15 bits per heavy atom. The summed E-state index contributed by atoms with van der Waals surface area (Å²) < 4.78 is 0. The number of rotatable bonds is 5. The van der Waals surface area contributed by atoms with E-state index >= 15 is 0 Å². The van der Waals surface area contributed by atoms with Crippen LogP contribution in [-0.4, -0.2) is 25.9 Å². The van der Waals surface area contributed by atoms with Gasteiger partial charge in [0.2, 0.25) is 5.91 Å². The van der Waals surface area contributed by atoms with Crippen LogP contribution in [0.5, 0.6) is 0 Å². The summed E-state index contributed by atoms with van der Waals surface area (Å²) >= 11 is 0. The monoisotopic (exact) mass is 277 g/mol. The van der Waals surface area contributed by atoms with E-state index in [9.17, 15) is 9.59 Å². The van der Waals surface area contributed by atoms with Crippen LogP contribution in [0, 0.1) is 5.92 Å². The van der Waals surface area contributed by atoms with Gasteiger partial charge in [-0.15, -0.1) is 0 Å². The topological polar surface area (TPSA) is 61.4 Å². The van der Waals surface area contributed by atoms with E-state index in [1.54, 1.807) is 12.1 Å². The Hall–Kier alpha value is -2.04. The third-order valence-corrected chi connectivity index (χ3v) is 3.28. The fraction of sp³-hybridized carbons (Fsp3) is 0.467. The molecule has 2 amide bonds. The van der Waals surface area contributed by atoms with Crippen molar-refractivity contribution in [3.8, 4) is 0 Å². The molecule has 0 spiro atoms. The van der Waals surface area contributed by atoms with Gasteiger partial charge >= 0.3 is 0 Å². The minimum absolute atomic E-state index is 0.0663. The SMILES string of the molecule is CCC(CC)C(=O)NNC(=O)c1cccc(N(C)C)c1. The van der Waals surface area contributed by atoms with E-state index in [0.29, 0.717) is 5.56 Å². The summed E-state index contributed by atoms with van der Waals surface area (Å²) in [7, 11) is 3.82. The highest BCUT2D eigenvalue weighted by Gasteiger charge is 2.15. The predicted octanol–water partition coefficient (Wildman–Crippen LogP) is 1.95. The van der Waals surface area contributed by atoms with Crippen molar-refractivity contribution in [3.63, 3.8) is 0 Å². The number of nitrogens with zero attached hydrogens (tertiary/aromatic N) is 1. The van der Waals surface area contributed by atoms with Crippen molar-refractivity contribution in [2.24, 2.45) is 5.92 Å². The lowest BCUT2D eigenvalue weighted by Gasteiger charge is -2.15. The molecule has 0 aliphatic rings. The van der Waals surface area contributed by atoms with Gasteiger partial charge in [0.15, 0.2) is 0 Å². The molecule has 0 unspecified atom stereocenters. The molecular formula is C15H23N3O2. The molecule has 0 saturated heterocycles. The van der Waals surface area contributed by atoms with Gasteiger partial charge in [0.1, 0.15) is 0 Å². The molecule has 0 atom stereocenters. The standard InChI is InChI=1S/C15H23N3O2/c1-5-11(6-2)14(19)16-17-15(20)12-8-7-9-13(10-12)18(3)4/h7-11H,5-6H2,1-4H3,(H,16,19)(H,17,20). The van der Waals surface area contributed by atoms with Gasteiger partial charge < -0.3 is 4.90 Å². The molecule has 1 rings (SSSR count). The second-order valence-corrected chi connectivity index (χ2v) is 4.90. The Morgan fingerprint density at radius 3 is 2.35 bits per heavy atom. The van der Waals surface area contributed by atoms with Crippen molar-refractivity contribution in [1.29, 1.82) is 0 Å². The first kappa shape index (κ1) is 16.0. The molecule has 20 heavy (non-hydrogen) atoms. The zero-order valence-corrected chi connectivity index (χ0v) is 12.6. The van der Waals surface area contributed by atoms with E-state index in [2.05, 4.69) is 10.9 Å². The van der Waals surface area contributed by atoms with Crippen LogP contribution in [-0.2, 0) is 4.79 Å². The summed E-state index contributed by atoms with van der Waals surface area (Å²) in [4.78, 5) is 25.7. The van der Waals surface area contributed by atoms with E-state index in [1.807, 2.05) is 45.0 Å². The zero-order valence-electron chi connectivity index (χ0n) is 12.6. The molecule has 0 bridgehead atoms. The highest BCUT2D eigenvalue weighted by atomic mass is 16.2. The summed E-state index contributed by atoms with van der Waals surface area (Å²) in [5.41, 5.74) is 6.39. The molecule has 0 heterocycles. The molecule has 0 aliphatic heterocycles. The quantitative estimate of drug-likeness (QED) is 0.809. The third kappa shape index (κ3) is 4.26. The van der Waals surface area contributed by atoms with Crippen LogP contribution >= 0.6 is 0 Å². The van der Waals surface area contributed by atoms with Crippen LogP contribution in [0.3, 0.4) is 0 Å². The zero-order chi connectivity index (χ0) is 15.1. The lowest BCUT2D eigenvalue weighted by atomic mass is 10.0. The lowest BCUT2D eigenvalue weighted by Crippen LogP contribution is -2.44. The van der Waals surface area contributed by atoms with Gasteiger partial charge in [0.25, 0.3) is 5.91 Å². The maximum atomic E-state index is 12.0. The number of nitrogens with one attached hydrogen (secondary N) is 2. The first-order valence-corrected chi connectivity index (χ1v) is 6.87. The summed E-state index contributed by atoms with van der Waals surface area (Å²) in [6.07, 6.45) is 1.52. The van der Waals surface area contributed by atoms with Crippen molar-refractivity contribution in [2.45, 2.75) is 26.7 Å². The molecule has 110 valence electrons. The average molecular weight is 277 g/mol. The van der Waals surface area contributed by atoms with E-state index in [0.717, 1.165) is 18.5 Å². The summed E-state index contributed by atoms with van der Waals surface area (Å²) in [5.74, 6) is -0.525. The molecule has 0 radical (unpaired) electrons. The number of carbonyl (C=O) groups excluding carboxylic acids is 2. The van der Waals surface area contributed by atoms with Crippen molar-refractivity contribution in [2.75, 3.05) is 19.0 Å². The first-order chi connectivity index (χ1) is 9.49. The number of hydrogen-bond donors (Lipinski definition) is 2. The third-order valence-electron chi connectivity index (χ3n) is 3.28. The molecule has 0 fully saturated rings. The van der Waals surface area contributed by atoms with Gasteiger partial charge in [-0.2, -0.15) is 0 Å².